The summed E-state index contributed by atoms with van der Waals surface area (Å²) >= 11 is 0. The SMILES string of the molecule is C=C[SiH](C=C)O[SiH2]. The lowest BCUT2D eigenvalue weighted by molar-refractivity contribution is 0.659. The molecule has 39 valence electrons. The summed E-state index contributed by atoms with van der Waals surface area (Å²) in [6.07, 6.45) is 0. The van der Waals surface area contributed by atoms with Crippen LogP contribution >= 0.6 is 0 Å². The summed E-state index contributed by atoms with van der Waals surface area (Å²) < 4.78 is 4.98. The first-order valence-corrected chi connectivity index (χ1v) is 4.39. The van der Waals surface area contributed by atoms with E-state index >= 15 is 0 Å². The molecule has 0 bridgehead atoms. The third-order valence-electron chi connectivity index (χ3n) is 0.657. The Bertz CT molecular complexity index is 64.1. The van der Waals surface area contributed by atoms with E-state index in [9.17, 15) is 0 Å². The topological polar surface area (TPSA) is 9.23 Å². The fourth-order valence-corrected chi connectivity index (χ4v) is 1.51. The summed E-state index contributed by atoms with van der Waals surface area (Å²) in [7, 11) is 0.376. The number of hydrogen-bond donors (Lipinski definition) is 0. The van der Waals surface area contributed by atoms with E-state index in [1.54, 1.807) is 0 Å². The first-order valence-electron chi connectivity index (χ1n) is 2.01. The normalized spacial score (nSPS) is 8.86. The lowest BCUT2D eigenvalue weighted by Gasteiger charge is -1.97. The van der Waals surface area contributed by atoms with E-state index in [1.165, 1.54) is 10.5 Å². The molecule has 0 aromatic rings. The Labute approximate surface area is 49.0 Å². The summed E-state index contributed by atoms with van der Waals surface area (Å²) in [5.74, 6) is 0. The van der Waals surface area contributed by atoms with Crippen LogP contribution in [0.25, 0.3) is 0 Å². The van der Waals surface area contributed by atoms with Gasteiger partial charge in [0, 0.05) is 0 Å². The predicted molar refractivity (Wildman–Crippen MR) is 37.2 cm³/mol. The van der Waals surface area contributed by atoms with Crippen molar-refractivity contribution < 1.29 is 4.12 Å². The highest BCUT2D eigenvalue weighted by molar-refractivity contribution is 6.65. The van der Waals surface area contributed by atoms with Crippen LogP contribution in [0.5, 0.6) is 0 Å². The van der Waals surface area contributed by atoms with E-state index < -0.39 is 9.04 Å². The lowest BCUT2D eigenvalue weighted by atomic mass is 11.2. The van der Waals surface area contributed by atoms with Gasteiger partial charge in [0.25, 0.3) is 0 Å². The average molecular weight is 129 g/mol. The van der Waals surface area contributed by atoms with Crippen molar-refractivity contribution >= 4 is 19.5 Å². The van der Waals surface area contributed by atoms with Crippen LogP contribution in [0.4, 0.5) is 0 Å². The molecular formula is C4H9OSi2. The minimum atomic E-state index is -1.13. The molecule has 0 aromatic carbocycles. The summed E-state index contributed by atoms with van der Waals surface area (Å²) in [5.41, 5.74) is 3.67. The van der Waals surface area contributed by atoms with Crippen LogP contribution in [0.2, 0.25) is 0 Å². The second kappa shape index (κ2) is 4.04. The standard InChI is InChI=1S/C4H9OSi2/c1-3-7(4-2)5-6/h3-4,7H,1-2,6H2. The van der Waals surface area contributed by atoms with Crippen molar-refractivity contribution in [2.75, 3.05) is 0 Å². The molecule has 0 aliphatic rings. The first kappa shape index (κ1) is 6.87. The second-order valence-corrected chi connectivity index (χ2v) is 4.31. The minimum Gasteiger partial charge on any atom is -0.457 e. The van der Waals surface area contributed by atoms with Crippen molar-refractivity contribution in [3.05, 3.63) is 24.6 Å². The molecule has 0 N–H and O–H groups in total. The van der Waals surface area contributed by atoms with Gasteiger partial charge in [-0.3, -0.25) is 0 Å². The Morgan fingerprint density at radius 3 is 1.86 bits per heavy atom. The van der Waals surface area contributed by atoms with Gasteiger partial charge in [0.2, 0.25) is 9.04 Å². The molecule has 0 amide bonds. The van der Waals surface area contributed by atoms with E-state index in [0.29, 0.717) is 0 Å². The van der Waals surface area contributed by atoms with Gasteiger partial charge in [-0.25, -0.2) is 0 Å². The Hall–Kier alpha value is -0.126. The van der Waals surface area contributed by atoms with E-state index in [4.69, 9.17) is 4.12 Å². The predicted octanol–water partition coefficient (Wildman–Crippen LogP) is -0.275. The number of rotatable bonds is 3. The molecule has 0 unspecified atom stereocenters. The zero-order valence-corrected chi connectivity index (χ0v) is 6.83. The smallest absolute Gasteiger partial charge is 0.212 e. The molecule has 0 rings (SSSR count). The van der Waals surface area contributed by atoms with E-state index in [2.05, 4.69) is 13.2 Å². The Morgan fingerprint density at radius 1 is 1.43 bits per heavy atom. The van der Waals surface area contributed by atoms with Gasteiger partial charge in [-0.15, -0.1) is 13.2 Å². The van der Waals surface area contributed by atoms with Crippen molar-refractivity contribution in [3.8, 4) is 0 Å². The Morgan fingerprint density at radius 2 is 1.86 bits per heavy atom. The highest BCUT2D eigenvalue weighted by Gasteiger charge is 1.92. The van der Waals surface area contributed by atoms with Crippen molar-refractivity contribution in [2.45, 2.75) is 0 Å². The molecule has 0 saturated carbocycles. The fraction of sp³-hybridized carbons (Fsp3) is 0. The minimum absolute atomic E-state index is 1.13. The van der Waals surface area contributed by atoms with Crippen LogP contribution in [-0.2, 0) is 4.12 Å². The van der Waals surface area contributed by atoms with E-state index in [1.807, 2.05) is 11.4 Å². The van der Waals surface area contributed by atoms with Crippen LogP contribution in [0.15, 0.2) is 24.6 Å². The van der Waals surface area contributed by atoms with Gasteiger partial charge >= 0.3 is 0 Å². The second-order valence-electron chi connectivity index (χ2n) is 1.10. The summed E-state index contributed by atoms with van der Waals surface area (Å²) in [6.45, 7) is 7.15. The zero-order valence-electron chi connectivity index (χ0n) is 4.26. The third kappa shape index (κ3) is 2.55. The van der Waals surface area contributed by atoms with E-state index in [-0.39, 0.29) is 0 Å². The van der Waals surface area contributed by atoms with Gasteiger partial charge in [-0.2, -0.15) is 0 Å². The number of hydrogen-bond acceptors (Lipinski definition) is 1. The Kier molecular flexibility index (Phi) is 3.97. The van der Waals surface area contributed by atoms with Crippen molar-refractivity contribution in [1.82, 2.24) is 0 Å². The van der Waals surface area contributed by atoms with Crippen molar-refractivity contribution in [1.29, 1.82) is 0 Å². The van der Waals surface area contributed by atoms with Crippen LogP contribution in [-0.4, -0.2) is 19.5 Å². The summed E-state index contributed by atoms with van der Waals surface area (Å²) in [6, 6.07) is 0. The van der Waals surface area contributed by atoms with Gasteiger partial charge in [0.1, 0.15) is 0 Å². The maximum Gasteiger partial charge on any atom is 0.212 e. The molecule has 0 heterocycles. The van der Waals surface area contributed by atoms with Crippen LogP contribution in [0.3, 0.4) is 0 Å². The molecule has 0 aliphatic carbocycles. The van der Waals surface area contributed by atoms with Gasteiger partial charge in [0.05, 0.1) is 0 Å². The molecule has 0 saturated heterocycles. The van der Waals surface area contributed by atoms with E-state index in [0.717, 1.165) is 0 Å². The molecule has 1 nitrogen and oxygen atoms in total. The Balaban J connectivity index is 3.36. The molecule has 0 aromatic heterocycles. The van der Waals surface area contributed by atoms with Gasteiger partial charge in [-0.05, 0) is 0 Å². The molecule has 0 spiro atoms. The molecule has 3 heteroatoms. The molecule has 7 heavy (non-hydrogen) atoms. The highest BCUT2D eigenvalue weighted by Crippen LogP contribution is 1.81. The maximum absolute atomic E-state index is 4.98. The fourth-order valence-electron chi connectivity index (χ4n) is 0.232. The van der Waals surface area contributed by atoms with Gasteiger partial charge in [0.15, 0.2) is 10.5 Å². The summed E-state index contributed by atoms with van der Waals surface area (Å²) in [5, 5.41) is 0. The maximum atomic E-state index is 4.98. The quantitative estimate of drug-likeness (QED) is 0.477. The molecule has 0 aliphatic heterocycles. The molecule has 0 atom stereocenters. The first-order chi connectivity index (χ1) is 3.35. The van der Waals surface area contributed by atoms with Gasteiger partial charge < -0.3 is 4.12 Å². The molecular weight excluding hydrogens is 120 g/mol. The third-order valence-corrected chi connectivity index (χ3v) is 3.13. The summed E-state index contributed by atoms with van der Waals surface area (Å²) in [4.78, 5) is 0. The van der Waals surface area contributed by atoms with Crippen molar-refractivity contribution in [3.63, 3.8) is 0 Å². The van der Waals surface area contributed by atoms with Crippen LogP contribution in [0.1, 0.15) is 0 Å². The lowest BCUT2D eigenvalue weighted by Crippen LogP contribution is -2.08. The van der Waals surface area contributed by atoms with Crippen LogP contribution < -0.4 is 0 Å². The highest BCUT2D eigenvalue weighted by atomic mass is 28.3. The zero-order chi connectivity index (χ0) is 5.70. The molecule has 1 radical (unpaired) electrons. The van der Waals surface area contributed by atoms with Gasteiger partial charge in [-0.1, -0.05) is 11.4 Å². The monoisotopic (exact) mass is 129 g/mol. The molecule has 0 fully saturated rings. The van der Waals surface area contributed by atoms with Crippen molar-refractivity contribution in [2.24, 2.45) is 0 Å². The largest absolute Gasteiger partial charge is 0.457 e. The average Bonchev–Trinajstić information content (AvgIpc) is 1.72. The van der Waals surface area contributed by atoms with Crippen LogP contribution in [0, 0.1) is 0 Å².